The lowest BCUT2D eigenvalue weighted by molar-refractivity contribution is 0.151. The molecule has 0 aromatic rings. The Morgan fingerprint density at radius 2 is 2.31 bits per heavy atom. The van der Waals surface area contributed by atoms with E-state index in [4.69, 9.17) is 4.74 Å². The Bertz CT molecular complexity index is 180. The van der Waals surface area contributed by atoms with Crippen molar-refractivity contribution in [2.45, 2.75) is 30.8 Å². The molecule has 3 heteroatoms. The van der Waals surface area contributed by atoms with E-state index in [0.29, 0.717) is 11.6 Å². The van der Waals surface area contributed by atoms with Crippen LogP contribution in [-0.2, 0) is 4.74 Å². The van der Waals surface area contributed by atoms with Crippen LogP contribution in [0, 0.1) is 0 Å². The molecule has 3 nitrogen and oxygen atoms in total. The highest BCUT2D eigenvalue weighted by Gasteiger charge is 2.44. The van der Waals surface area contributed by atoms with Gasteiger partial charge in [-0.05, 0) is 32.9 Å². The standard InChI is InChI=1S/C10H20N2O/c1-12-6-3-9(7-12)11-10(4-5-10)8-13-2/h9,11H,3-8H2,1-2H3. The predicted octanol–water partition coefficient (Wildman–Crippen LogP) is 0.459. The van der Waals surface area contributed by atoms with Gasteiger partial charge >= 0.3 is 0 Å². The highest BCUT2D eigenvalue weighted by atomic mass is 16.5. The van der Waals surface area contributed by atoms with Gasteiger partial charge in [-0.15, -0.1) is 0 Å². The molecule has 1 unspecified atom stereocenters. The Labute approximate surface area is 80.4 Å². The number of likely N-dealkylation sites (tertiary alicyclic amines) is 1. The smallest absolute Gasteiger partial charge is 0.0644 e. The van der Waals surface area contributed by atoms with Gasteiger partial charge in [-0.25, -0.2) is 0 Å². The van der Waals surface area contributed by atoms with Crippen LogP contribution in [0.5, 0.6) is 0 Å². The lowest BCUT2D eigenvalue weighted by Gasteiger charge is -2.21. The maximum atomic E-state index is 5.23. The molecule has 0 aromatic heterocycles. The minimum atomic E-state index is 0.352. The quantitative estimate of drug-likeness (QED) is 0.687. The fourth-order valence-corrected chi connectivity index (χ4v) is 2.24. The Balaban J connectivity index is 1.77. The van der Waals surface area contributed by atoms with Gasteiger partial charge in [0.2, 0.25) is 0 Å². The third-order valence-corrected chi connectivity index (χ3v) is 3.18. The van der Waals surface area contributed by atoms with Gasteiger partial charge in [0.15, 0.2) is 0 Å². The zero-order valence-electron chi connectivity index (χ0n) is 8.68. The highest BCUT2D eigenvalue weighted by molar-refractivity contribution is 5.04. The van der Waals surface area contributed by atoms with Crippen LogP contribution < -0.4 is 5.32 Å². The molecule has 2 fully saturated rings. The second-order valence-corrected chi connectivity index (χ2v) is 4.61. The van der Waals surface area contributed by atoms with Gasteiger partial charge in [-0.1, -0.05) is 0 Å². The largest absolute Gasteiger partial charge is 0.383 e. The van der Waals surface area contributed by atoms with Crippen LogP contribution >= 0.6 is 0 Å². The second kappa shape index (κ2) is 3.56. The molecule has 1 atom stereocenters. The van der Waals surface area contributed by atoms with Crippen molar-refractivity contribution < 1.29 is 4.74 Å². The molecule has 1 saturated carbocycles. The predicted molar refractivity (Wildman–Crippen MR) is 52.9 cm³/mol. The fourth-order valence-electron chi connectivity index (χ4n) is 2.24. The molecule has 1 N–H and O–H groups in total. The molecule has 1 aliphatic heterocycles. The van der Waals surface area contributed by atoms with Crippen LogP contribution in [-0.4, -0.2) is 50.3 Å². The summed E-state index contributed by atoms with van der Waals surface area (Å²) in [6, 6.07) is 0.697. The lowest BCUT2D eigenvalue weighted by Crippen LogP contribution is -2.44. The summed E-state index contributed by atoms with van der Waals surface area (Å²) >= 11 is 0. The van der Waals surface area contributed by atoms with Gasteiger partial charge < -0.3 is 15.0 Å². The summed E-state index contributed by atoms with van der Waals surface area (Å²) in [4.78, 5) is 2.39. The summed E-state index contributed by atoms with van der Waals surface area (Å²) in [5.41, 5.74) is 0.352. The number of hydrogen-bond donors (Lipinski definition) is 1. The number of rotatable bonds is 4. The van der Waals surface area contributed by atoms with Crippen LogP contribution in [0.15, 0.2) is 0 Å². The Kier molecular flexibility index (Phi) is 2.58. The summed E-state index contributed by atoms with van der Waals surface area (Å²) in [5.74, 6) is 0. The molecule has 0 aromatic carbocycles. The maximum Gasteiger partial charge on any atom is 0.0644 e. The first kappa shape index (κ1) is 9.44. The van der Waals surface area contributed by atoms with Gasteiger partial charge in [0.1, 0.15) is 0 Å². The number of nitrogens with zero attached hydrogens (tertiary/aromatic N) is 1. The van der Waals surface area contributed by atoms with E-state index < -0.39 is 0 Å². The van der Waals surface area contributed by atoms with Crippen molar-refractivity contribution in [3.8, 4) is 0 Å². The summed E-state index contributed by atoms with van der Waals surface area (Å²) in [7, 11) is 3.99. The molecule has 0 bridgehead atoms. The summed E-state index contributed by atoms with van der Waals surface area (Å²) in [5, 5.41) is 3.73. The highest BCUT2D eigenvalue weighted by Crippen LogP contribution is 2.36. The summed E-state index contributed by atoms with van der Waals surface area (Å²) in [6.45, 7) is 3.32. The van der Waals surface area contributed by atoms with E-state index in [1.807, 2.05) is 0 Å². The maximum absolute atomic E-state index is 5.23. The normalized spacial score (nSPS) is 32.3. The van der Waals surface area contributed by atoms with E-state index in [-0.39, 0.29) is 0 Å². The number of likely N-dealkylation sites (N-methyl/N-ethyl adjacent to an activating group) is 1. The monoisotopic (exact) mass is 184 g/mol. The first-order valence-electron chi connectivity index (χ1n) is 5.19. The zero-order chi connectivity index (χ0) is 9.31. The van der Waals surface area contributed by atoms with Crippen LogP contribution in [0.4, 0.5) is 0 Å². The van der Waals surface area contributed by atoms with Gasteiger partial charge in [0.05, 0.1) is 6.61 Å². The van der Waals surface area contributed by atoms with E-state index in [2.05, 4.69) is 17.3 Å². The van der Waals surface area contributed by atoms with Crippen molar-refractivity contribution in [2.75, 3.05) is 33.9 Å². The van der Waals surface area contributed by atoms with Gasteiger partial charge in [0.25, 0.3) is 0 Å². The minimum Gasteiger partial charge on any atom is -0.383 e. The molecule has 1 heterocycles. The average Bonchev–Trinajstić information content (AvgIpc) is 2.70. The van der Waals surface area contributed by atoms with Gasteiger partial charge in [-0.2, -0.15) is 0 Å². The van der Waals surface area contributed by atoms with Crippen molar-refractivity contribution in [1.29, 1.82) is 0 Å². The first-order chi connectivity index (χ1) is 6.24. The van der Waals surface area contributed by atoms with E-state index in [9.17, 15) is 0 Å². The second-order valence-electron chi connectivity index (χ2n) is 4.61. The lowest BCUT2D eigenvalue weighted by atomic mass is 10.2. The van der Waals surface area contributed by atoms with Crippen LogP contribution in [0.25, 0.3) is 0 Å². The molecule has 2 rings (SSSR count). The Morgan fingerprint density at radius 1 is 1.54 bits per heavy atom. The van der Waals surface area contributed by atoms with E-state index >= 15 is 0 Å². The van der Waals surface area contributed by atoms with E-state index in [0.717, 1.165) is 6.61 Å². The molecule has 2 aliphatic rings. The SMILES string of the molecule is COCC1(NC2CCN(C)C2)CC1. The molecule has 1 saturated heterocycles. The Morgan fingerprint density at radius 3 is 2.77 bits per heavy atom. The third-order valence-electron chi connectivity index (χ3n) is 3.18. The van der Waals surface area contributed by atoms with Crippen LogP contribution in [0.2, 0.25) is 0 Å². The van der Waals surface area contributed by atoms with Crippen molar-refractivity contribution in [2.24, 2.45) is 0 Å². The van der Waals surface area contributed by atoms with Crippen LogP contribution in [0.3, 0.4) is 0 Å². The molecule has 13 heavy (non-hydrogen) atoms. The molecular formula is C10H20N2O. The molecule has 1 aliphatic carbocycles. The van der Waals surface area contributed by atoms with Gasteiger partial charge in [0, 0.05) is 25.2 Å². The van der Waals surface area contributed by atoms with Crippen molar-refractivity contribution in [1.82, 2.24) is 10.2 Å². The number of ether oxygens (including phenoxy) is 1. The summed E-state index contributed by atoms with van der Waals surface area (Å²) in [6.07, 6.45) is 3.88. The van der Waals surface area contributed by atoms with Gasteiger partial charge in [-0.3, -0.25) is 0 Å². The minimum absolute atomic E-state index is 0.352. The zero-order valence-corrected chi connectivity index (χ0v) is 8.68. The Hall–Kier alpha value is -0.120. The fraction of sp³-hybridized carbons (Fsp3) is 1.00. The topological polar surface area (TPSA) is 24.5 Å². The number of methoxy groups -OCH3 is 1. The van der Waals surface area contributed by atoms with E-state index in [1.165, 1.54) is 32.4 Å². The van der Waals surface area contributed by atoms with Crippen molar-refractivity contribution in [3.63, 3.8) is 0 Å². The molecule has 76 valence electrons. The molecule has 0 spiro atoms. The summed E-state index contributed by atoms with van der Waals surface area (Å²) < 4.78 is 5.23. The molecular weight excluding hydrogens is 164 g/mol. The van der Waals surface area contributed by atoms with Crippen molar-refractivity contribution >= 4 is 0 Å². The number of nitrogens with one attached hydrogen (secondary N) is 1. The van der Waals surface area contributed by atoms with E-state index in [1.54, 1.807) is 7.11 Å². The molecule has 0 radical (unpaired) electrons. The van der Waals surface area contributed by atoms with Crippen molar-refractivity contribution in [3.05, 3.63) is 0 Å². The average molecular weight is 184 g/mol. The molecule has 0 amide bonds. The van der Waals surface area contributed by atoms with Crippen LogP contribution in [0.1, 0.15) is 19.3 Å². The number of hydrogen-bond acceptors (Lipinski definition) is 3. The first-order valence-corrected chi connectivity index (χ1v) is 5.19. The third kappa shape index (κ3) is 2.22.